The third kappa shape index (κ3) is 3.84. The minimum Gasteiger partial charge on any atom is -0.361 e. The summed E-state index contributed by atoms with van der Waals surface area (Å²) in [7, 11) is 3.67. The Morgan fingerprint density at radius 3 is 2.55 bits per heavy atom. The molecular formula is C16H21FN4O. The van der Waals surface area contributed by atoms with E-state index in [2.05, 4.69) is 15.5 Å². The van der Waals surface area contributed by atoms with Gasteiger partial charge in [0.25, 0.3) is 0 Å². The minimum atomic E-state index is -0.229. The number of nitrogens with one attached hydrogen (secondary N) is 1. The zero-order valence-electron chi connectivity index (χ0n) is 13.4. The Bertz CT molecular complexity index is 629. The highest BCUT2D eigenvalue weighted by atomic mass is 19.1. The molecule has 22 heavy (non-hydrogen) atoms. The van der Waals surface area contributed by atoms with Crippen LogP contribution >= 0.6 is 0 Å². The van der Waals surface area contributed by atoms with E-state index in [-0.39, 0.29) is 5.82 Å². The lowest BCUT2D eigenvalue weighted by Crippen LogP contribution is -2.38. The minimum absolute atomic E-state index is 0.229. The van der Waals surface area contributed by atoms with Crippen molar-refractivity contribution in [3.63, 3.8) is 0 Å². The highest BCUT2D eigenvalue weighted by Gasteiger charge is 2.11. The Morgan fingerprint density at radius 2 is 2.00 bits per heavy atom. The lowest BCUT2D eigenvalue weighted by molar-refractivity contribution is 0.392. The van der Waals surface area contributed by atoms with Gasteiger partial charge < -0.3 is 14.7 Å². The molecule has 0 aliphatic carbocycles. The van der Waals surface area contributed by atoms with E-state index in [0.717, 1.165) is 28.5 Å². The van der Waals surface area contributed by atoms with Crippen LogP contribution in [-0.4, -0.2) is 30.1 Å². The number of nitrogens with zero attached hydrogens (tertiary/aromatic N) is 3. The van der Waals surface area contributed by atoms with Gasteiger partial charge in [-0.15, -0.1) is 0 Å². The molecule has 118 valence electrons. The zero-order chi connectivity index (χ0) is 16.1. The van der Waals surface area contributed by atoms with Crippen molar-refractivity contribution in [2.75, 3.05) is 14.1 Å². The fraction of sp³-hybridized carbons (Fsp3) is 0.375. The van der Waals surface area contributed by atoms with Crippen molar-refractivity contribution in [3.8, 4) is 0 Å². The fourth-order valence-electron chi connectivity index (χ4n) is 2.25. The van der Waals surface area contributed by atoms with Crippen LogP contribution in [0.3, 0.4) is 0 Å². The van der Waals surface area contributed by atoms with Gasteiger partial charge in [0.2, 0.25) is 0 Å². The third-order valence-electron chi connectivity index (χ3n) is 3.51. The molecule has 1 heterocycles. The van der Waals surface area contributed by atoms with Gasteiger partial charge in [-0.05, 0) is 31.5 Å². The summed E-state index contributed by atoms with van der Waals surface area (Å²) in [4.78, 5) is 6.24. The molecular weight excluding hydrogens is 283 g/mol. The molecule has 2 rings (SSSR count). The van der Waals surface area contributed by atoms with Gasteiger partial charge in [-0.2, -0.15) is 0 Å². The maximum atomic E-state index is 12.9. The topological polar surface area (TPSA) is 53.7 Å². The fourth-order valence-corrected chi connectivity index (χ4v) is 2.25. The molecule has 0 amide bonds. The van der Waals surface area contributed by atoms with E-state index in [1.807, 2.05) is 25.8 Å². The second kappa shape index (κ2) is 7.06. The molecule has 0 radical (unpaired) electrons. The highest BCUT2D eigenvalue weighted by molar-refractivity contribution is 5.79. The lowest BCUT2D eigenvalue weighted by Gasteiger charge is -2.22. The Kier molecular flexibility index (Phi) is 5.14. The van der Waals surface area contributed by atoms with Crippen molar-refractivity contribution >= 4 is 5.96 Å². The smallest absolute Gasteiger partial charge is 0.193 e. The third-order valence-corrected chi connectivity index (χ3v) is 3.51. The number of guanidine groups is 1. The average molecular weight is 304 g/mol. The molecule has 0 aliphatic rings. The summed E-state index contributed by atoms with van der Waals surface area (Å²) in [5.41, 5.74) is 2.93. The molecule has 0 saturated heterocycles. The van der Waals surface area contributed by atoms with E-state index in [0.29, 0.717) is 13.1 Å². The Labute approximate surface area is 129 Å². The number of aromatic nitrogens is 1. The van der Waals surface area contributed by atoms with Gasteiger partial charge in [0, 0.05) is 32.7 Å². The van der Waals surface area contributed by atoms with Crippen LogP contribution in [-0.2, 0) is 13.1 Å². The van der Waals surface area contributed by atoms with Crippen molar-refractivity contribution < 1.29 is 8.91 Å². The van der Waals surface area contributed by atoms with Crippen LogP contribution in [0.1, 0.15) is 22.6 Å². The number of aryl methyl sites for hydroxylation is 2. The van der Waals surface area contributed by atoms with E-state index in [9.17, 15) is 4.39 Å². The lowest BCUT2D eigenvalue weighted by atomic mass is 10.2. The van der Waals surface area contributed by atoms with Gasteiger partial charge >= 0.3 is 0 Å². The van der Waals surface area contributed by atoms with Gasteiger partial charge in [0.1, 0.15) is 11.6 Å². The Hall–Kier alpha value is -2.37. The van der Waals surface area contributed by atoms with E-state index in [1.54, 1.807) is 19.2 Å². The molecule has 1 aromatic heterocycles. The van der Waals surface area contributed by atoms with Gasteiger partial charge in [0.15, 0.2) is 5.96 Å². The molecule has 0 unspecified atom stereocenters. The quantitative estimate of drug-likeness (QED) is 0.697. The summed E-state index contributed by atoms with van der Waals surface area (Å²) in [6, 6.07) is 6.47. The number of rotatable bonds is 4. The van der Waals surface area contributed by atoms with Crippen molar-refractivity contribution in [1.82, 2.24) is 15.4 Å². The molecule has 1 aromatic carbocycles. The number of halogens is 1. The number of hydrogen-bond acceptors (Lipinski definition) is 3. The van der Waals surface area contributed by atoms with Crippen LogP contribution in [0.5, 0.6) is 0 Å². The molecule has 6 heteroatoms. The molecule has 0 saturated carbocycles. The molecule has 2 aromatic rings. The summed E-state index contributed by atoms with van der Waals surface area (Å²) >= 11 is 0. The maximum absolute atomic E-state index is 12.9. The normalized spacial score (nSPS) is 11.6. The summed E-state index contributed by atoms with van der Waals surface area (Å²) in [6.45, 7) is 5.05. The molecule has 0 bridgehead atoms. The average Bonchev–Trinajstić information content (AvgIpc) is 2.82. The first kappa shape index (κ1) is 16.0. The van der Waals surface area contributed by atoms with Crippen LogP contribution in [0.2, 0.25) is 0 Å². The monoisotopic (exact) mass is 304 g/mol. The first-order valence-corrected chi connectivity index (χ1v) is 7.09. The zero-order valence-corrected chi connectivity index (χ0v) is 13.4. The van der Waals surface area contributed by atoms with Crippen molar-refractivity contribution in [3.05, 3.63) is 52.7 Å². The van der Waals surface area contributed by atoms with E-state index in [4.69, 9.17) is 4.52 Å². The summed E-state index contributed by atoms with van der Waals surface area (Å²) in [6.07, 6.45) is 0. The van der Waals surface area contributed by atoms with Gasteiger partial charge in [-0.3, -0.25) is 4.99 Å². The first-order valence-electron chi connectivity index (χ1n) is 7.09. The second-order valence-corrected chi connectivity index (χ2v) is 5.19. The van der Waals surface area contributed by atoms with E-state index in [1.165, 1.54) is 12.1 Å². The van der Waals surface area contributed by atoms with Gasteiger partial charge in [0.05, 0.1) is 5.69 Å². The van der Waals surface area contributed by atoms with Crippen LogP contribution < -0.4 is 5.32 Å². The van der Waals surface area contributed by atoms with Crippen LogP contribution in [0.15, 0.2) is 33.8 Å². The van der Waals surface area contributed by atoms with Crippen molar-refractivity contribution in [2.45, 2.75) is 26.9 Å². The SMILES string of the molecule is CN=C(NCc1c(C)noc1C)N(C)Cc1ccc(F)cc1. The maximum Gasteiger partial charge on any atom is 0.193 e. The Balaban J connectivity index is 1.97. The molecule has 5 nitrogen and oxygen atoms in total. The number of aliphatic imine (C=N–C) groups is 1. The van der Waals surface area contributed by atoms with Crippen molar-refractivity contribution in [2.24, 2.45) is 4.99 Å². The standard InChI is InChI=1S/C16H21FN4O/c1-11-15(12(2)22-20-11)9-19-16(18-3)21(4)10-13-5-7-14(17)8-6-13/h5-8H,9-10H2,1-4H3,(H,18,19). The molecule has 0 aliphatic heterocycles. The summed E-state index contributed by atoms with van der Waals surface area (Å²) in [5, 5.41) is 7.22. The largest absolute Gasteiger partial charge is 0.361 e. The number of hydrogen-bond donors (Lipinski definition) is 1. The first-order chi connectivity index (χ1) is 10.5. The molecule has 0 spiro atoms. The Morgan fingerprint density at radius 1 is 1.32 bits per heavy atom. The predicted molar refractivity (Wildman–Crippen MR) is 84.0 cm³/mol. The van der Waals surface area contributed by atoms with Crippen molar-refractivity contribution in [1.29, 1.82) is 0 Å². The number of benzene rings is 1. The summed E-state index contributed by atoms with van der Waals surface area (Å²) < 4.78 is 18.1. The van der Waals surface area contributed by atoms with Crippen LogP contribution in [0, 0.1) is 19.7 Å². The highest BCUT2D eigenvalue weighted by Crippen LogP contribution is 2.12. The predicted octanol–water partition coefficient (Wildman–Crippen LogP) is 2.64. The summed E-state index contributed by atoms with van der Waals surface area (Å²) in [5.74, 6) is 1.33. The van der Waals surface area contributed by atoms with Gasteiger partial charge in [-0.25, -0.2) is 4.39 Å². The van der Waals surface area contributed by atoms with E-state index >= 15 is 0 Å². The molecule has 0 fully saturated rings. The second-order valence-electron chi connectivity index (χ2n) is 5.19. The van der Waals surface area contributed by atoms with Gasteiger partial charge in [-0.1, -0.05) is 17.3 Å². The van der Waals surface area contributed by atoms with Crippen LogP contribution in [0.4, 0.5) is 4.39 Å². The molecule has 0 atom stereocenters. The van der Waals surface area contributed by atoms with Crippen LogP contribution in [0.25, 0.3) is 0 Å². The molecule has 1 N–H and O–H groups in total. The van der Waals surface area contributed by atoms with E-state index < -0.39 is 0 Å².